The van der Waals surface area contributed by atoms with E-state index in [0.717, 1.165) is 25.6 Å². The molecule has 2 nitrogen and oxygen atoms in total. The lowest BCUT2D eigenvalue weighted by Crippen LogP contribution is -2.39. The van der Waals surface area contributed by atoms with Gasteiger partial charge < -0.3 is 5.32 Å². The van der Waals surface area contributed by atoms with Gasteiger partial charge in [0.2, 0.25) is 0 Å². The predicted molar refractivity (Wildman–Crippen MR) is 94.4 cm³/mol. The number of benzene rings is 1. The number of halogens is 1. The monoisotopic (exact) mass is 352 g/mol. The average Bonchev–Trinajstić information content (AvgIpc) is 2.44. The minimum Gasteiger partial charge on any atom is -0.313 e. The molecule has 2 rings (SSSR count). The van der Waals surface area contributed by atoms with Gasteiger partial charge in [-0.05, 0) is 62.4 Å². The van der Waals surface area contributed by atoms with Crippen LogP contribution >= 0.6 is 15.9 Å². The predicted octanol–water partition coefficient (Wildman–Crippen LogP) is 4.57. The van der Waals surface area contributed by atoms with Crippen LogP contribution in [0.25, 0.3) is 0 Å². The first-order chi connectivity index (χ1) is 10.1. The molecule has 3 heteroatoms. The van der Waals surface area contributed by atoms with Crippen molar-refractivity contribution >= 4 is 15.9 Å². The third kappa shape index (κ3) is 5.08. The fourth-order valence-corrected chi connectivity index (χ4v) is 3.70. The molecule has 2 unspecified atom stereocenters. The maximum Gasteiger partial charge on any atom is 0.0247 e. The molecule has 1 saturated heterocycles. The molecule has 2 atom stereocenters. The number of likely N-dealkylation sites (tertiary alicyclic amines) is 1. The van der Waals surface area contributed by atoms with Crippen molar-refractivity contribution in [2.45, 2.75) is 59.2 Å². The van der Waals surface area contributed by atoms with Gasteiger partial charge >= 0.3 is 0 Å². The van der Waals surface area contributed by atoms with Crippen molar-refractivity contribution in [2.75, 3.05) is 13.1 Å². The standard InChI is InChI=1S/C18H29BrN2/c1-4-8-20-12-16-5-6-17(18(19)11-16)13-21-9-7-14(2)10-15(21)3/h5-6,11,14-15,20H,4,7-10,12-13H2,1-3H3. The van der Waals surface area contributed by atoms with Crippen molar-refractivity contribution in [2.24, 2.45) is 5.92 Å². The summed E-state index contributed by atoms with van der Waals surface area (Å²) >= 11 is 3.76. The molecular weight excluding hydrogens is 324 g/mol. The summed E-state index contributed by atoms with van der Waals surface area (Å²) in [6.45, 7) is 11.3. The van der Waals surface area contributed by atoms with Crippen molar-refractivity contribution in [3.63, 3.8) is 0 Å². The van der Waals surface area contributed by atoms with E-state index < -0.39 is 0 Å². The van der Waals surface area contributed by atoms with Crippen molar-refractivity contribution in [1.29, 1.82) is 0 Å². The molecule has 1 aliphatic rings. The van der Waals surface area contributed by atoms with Crippen LogP contribution in [0.15, 0.2) is 22.7 Å². The summed E-state index contributed by atoms with van der Waals surface area (Å²) in [6.07, 6.45) is 3.85. The van der Waals surface area contributed by atoms with Crippen LogP contribution in [0.5, 0.6) is 0 Å². The minimum absolute atomic E-state index is 0.701. The first-order valence-corrected chi connectivity index (χ1v) is 9.11. The average molecular weight is 353 g/mol. The normalized spacial score (nSPS) is 23.4. The summed E-state index contributed by atoms with van der Waals surface area (Å²) in [4.78, 5) is 2.62. The maximum absolute atomic E-state index is 3.76. The molecule has 1 aromatic carbocycles. The Kier molecular flexibility index (Phi) is 6.72. The van der Waals surface area contributed by atoms with Crippen molar-refractivity contribution in [1.82, 2.24) is 10.2 Å². The van der Waals surface area contributed by atoms with Crippen LogP contribution in [0, 0.1) is 5.92 Å². The van der Waals surface area contributed by atoms with Gasteiger partial charge in [0, 0.05) is 23.6 Å². The molecule has 0 amide bonds. The molecule has 0 radical (unpaired) electrons. The lowest BCUT2D eigenvalue weighted by Gasteiger charge is -2.36. The van der Waals surface area contributed by atoms with Crippen LogP contribution < -0.4 is 5.32 Å². The van der Waals surface area contributed by atoms with Gasteiger partial charge in [-0.2, -0.15) is 0 Å². The first kappa shape index (κ1) is 17.0. The summed E-state index contributed by atoms with van der Waals surface area (Å²) < 4.78 is 1.25. The van der Waals surface area contributed by atoms with Crippen LogP contribution in [0.3, 0.4) is 0 Å². The van der Waals surface area contributed by atoms with Crippen LogP contribution in [-0.4, -0.2) is 24.0 Å². The zero-order chi connectivity index (χ0) is 15.2. The largest absolute Gasteiger partial charge is 0.313 e. The zero-order valence-corrected chi connectivity index (χ0v) is 15.2. The zero-order valence-electron chi connectivity index (χ0n) is 13.7. The van der Waals surface area contributed by atoms with Gasteiger partial charge in [0.15, 0.2) is 0 Å². The van der Waals surface area contributed by atoms with Gasteiger partial charge in [0.1, 0.15) is 0 Å². The Morgan fingerprint density at radius 1 is 1.33 bits per heavy atom. The number of rotatable bonds is 6. The SMILES string of the molecule is CCCNCc1ccc(CN2CCC(C)CC2C)c(Br)c1. The number of piperidine rings is 1. The molecule has 0 bridgehead atoms. The highest BCUT2D eigenvalue weighted by Gasteiger charge is 2.23. The Morgan fingerprint density at radius 2 is 2.14 bits per heavy atom. The molecule has 1 aromatic rings. The molecule has 21 heavy (non-hydrogen) atoms. The summed E-state index contributed by atoms with van der Waals surface area (Å²) in [7, 11) is 0. The van der Waals surface area contributed by atoms with Crippen LogP contribution in [0.4, 0.5) is 0 Å². The highest BCUT2D eigenvalue weighted by molar-refractivity contribution is 9.10. The highest BCUT2D eigenvalue weighted by atomic mass is 79.9. The van der Waals surface area contributed by atoms with E-state index in [1.807, 2.05) is 0 Å². The molecule has 1 fully saturated rings. The molecule has 1 N–H and O–H groups in total. The van der Waals surface area contributed by atoms with Crippen molar-refractivity contribution < 1.29 is 0 Å². The molecule has 1 aliphatic heterocycles. The number of hydrogen-bond donors (Lipinski definition) is 1. The van der Waals surface area contributed by atoms with Crippen LogP contribution in [-0.2, 0) is 13.1 Å². The second-order valence-electron chi connectivity index (χ2n) is 6.55. The Labute approximate surface area is 138 Å². The van der Waals surface area contributed by atoms with Crippen molar-refractivity contribution in [3.05, 3.63) is 33.8 Å². The third-order valence-electron chi connectivity index (χ3n) is 4.52. The molecule has 0 aliphatic carbocycles. The maximum atomic E-state index is 3.76. The lowest BCUT2D eigenvalue weighted by molar-refractivity contribution is 0.122. The topological polar surface area (TPSA) is 15.3 Å². The molecular formula is C18H29BrN2. The van der Waals surface area contributed by atoms with E-state index in [9.17, 15) is 0 Å². The van der Waals surface area contributed by atoms with E-state index in [2.05, 4.69) is 65.1 Å². The molecule has 1 heterocycles. The fourth-order valence-electron chi connectivity index (χ4n) is 3.15. The van der Waals surface area contributed by atoms with Crippen LogP contribution in [0.2, 0.25) is 0 Å². The number of hydrogen-bond acceptors (Lipinski definition) is 2. The second kappa shape index (κ2) is 8.30. The Hall–Kier alpha value is -0.380. The quantitative estimate of drug-likeness (QED) is 0.754. The van der Waals surface area contributed by atoms with E-state index in [1.54, 1.807) is 0 Å². The third-order valence-corrected chi connectivity index (χ3v) is 5.26. The van der Waals surface area contributed by atoms with E-state index in [4.69, 9.17) is 0 Å². The number of nitrogens with zero attached hydrogens (tertiary/aromatic N) is 1. The second-order valence-corrected chi connectivity index (χ2v) is 7.41. The molecule has 0 saturated carbocycles. The summed E-state index contributed by atoms with van der Waals surface area (Å²) in [5.74, 6) is 0.881. The van der Waals surface area contributed by atoms with Gasteiger partial charge in [0.25, 0.3) is 0 Å². The highest BCUT2D eigenvalue weighted by Crippen LogP contribution is 2.26. The van der Waals surface area contributed by atoms with Gasteiger partial charge in [-0.15, -0.1) is 0 Å². The van der Waals surface area contributed by atoms with E-state index in [-0.39, 0.29) is 0 Å². The lowest BCUT2D eigenvalue weighted by atomic mass is 9.93. The summed E-state index contributed by atoms with van der Waals surface area (Å²) in [5.41, 5.74) is 2.77. The molecule has 0 spiro atoms. The minimum atomic E-state index is 0.701. The van der Waals surface area contributed by atoms with Gasteiger partial charge in [-0.25, -0.2) is 0 Å². The summed E-state index contributed by atoms with van der Waals surface area (Å²) in [5, 5.41) is 3.46. The smallest absolute Gasteiger partial charge is 0.0247 e. The van der Waals surface area contributed by atoms with E-state index >= 15 is 0 Å². The fraction of sp³-hybridized carbons (Fsp3) is 0.667. The molecule has 118 valence electrons. The van der Waals surface area contributed by atoms with Crippen LogP contribution in [0.1, 0.15) is 51.2 Å². The van der Waals surface area contributed by atoms with E-state index in [0.29, 0.717) is 6.04 Å². The van der Waals surface area contributed by atoms with E-state index in [1.165, 1.54) is 41.4 Å². The summed E-state index contributed by atoms with van der Waals surface area (Å²) in [6, 6.07) is 7.53. The Bertz CT molecular complexity index is 447. The number of nitrogens with one attached hydrogen (secondary N) is 1. The Balaban J connectivity index is 1.94. The Morgan fingerprint density at radius 3 is 2.81 bits per heavy atom. The molecule has 0 aromatic heterocycles. The van der Waals surface area contributed by atoms with Gasteiger partial charge in [0.05, 0.1) is 0 Å². The van der Waals surface area contributed by atoms with Crippen molar-refractivity contribution in [3.8, 4) is 0 Å². The van der Waals surface area contributed by atoms with Gasteiger partial charge in [-0.1, -0.05) is 41.9 Å². The van der Waals surface area contributed by atoms with Gasteiger partial charge in [-0.3, -0.25) is 4.90 Å². The first-order valence-electron chi connectivity index (χ1n) is 8.32.